The third-order valence-electron chi connectivity index (χ3n) is 5.90. The lowest BCUT2D eigenvalue weighted by Crippen LogP contribution is -2.49. The smallest absolute Gasteiger partial charge is 0.250 e. The fourth-order valence-electron chi connectivity index (χ4n) is 4.17. The minimum atomic E-state index is -1.33. The molecule has 0 saturated heterocycles. The van der Waals surface area contributed by atoms with Gasteiger partial charge in [-0.15, -0.1) is 0 Å². The van der Waals surface area contributed by atoms with E-state index < -0.39 is 6.23 Å². The quantitative estimate of drug-likeness (QED) is 0.430. The Morgan fingerprint density at radius 1 is 1.00 bits per heavy atom. The van der Waals surface area contributed by atoms with Gasteiger partial charge in [-0.05, 0) is 29.3 Å². The molecular formula is C26H23ClN4O3. The van der Waals surface area contributed by atoms with Gasteiger partial charge in [-0.1, -0.05) is 72.3 Å². The summed E-state index contributed by atoms with van der Waals surface area (Å²) in [6, 6.07) is 24.5. The van der Waals surface area contributed by atoms with Gasteiger partial charge in [-0.2, -0.15) is 0 Å². The summed E-state index contributed by atoms with van der Waals surface area (Å²) in [6.07, 6.45) is -1.33. The van der Waals surface area contributed by atoms with Crippen LogP contribution in [0.3, 0.4) is 0 Å². The molecule has 0 saturated carbocycles. The largest absolute Gasteiger partial charge is 0.506 e. The fourth-order valence-corrected chi connectivity index (χ4v) is 4.41. The molecule has 2 N–H and O–H groups in total. The number of aliphatic imine (C=N–C) groups is 1. The number of aliphatic hydroxyl groups is 2. The zero-order valence-electron chi connectivity index (χ0n) is 18.6. The van der Waals surface area contributed by atoms with Crippen LogP contribution in [0.2, 0.25) is 5.02 Å². The van der Waals surface area contributed by atoms with Crippen LogP contribution in [0.5, 0.6) is 0 Å². The predicted octanol–water partition coefficient (Wildman–Crippen LogP) is 5.05. The molecule has 1 unspecified atom stereocenters. The molecule has 3 aromatic carbocycles. The number of oxazole rings is 1. The van der Waals surface area contributed by atoms with Gasteiger partial charge in [0.2, 0.25) is 11.9 Å². The molecule has 0 bridgehead atoms. The normalized spacial score (nSPS) is 17.1. The second-order valence-electron chi connectivity index (χ2n) is 8.06. The molecule has 2 atom stereocenters. The van der Waals surface area contributed by atoms with E-state index in [9.17, 15) is 10.2 Å². The molecule has 0 spiro atoms. The Morgan fingerprint density at radius 3 is 2.41 bits per heavy atom. The van der Waals surface area contributed by atoms with Gasteiger partial charge in [0, 0.05) is 19.1 Å². The number of guanidine groups is 1. The number of aromatic nitrogens is 1. The van der Waals surface area contributed by atoms with Gasteiger partial charge in [0.1, 0.15) is 5.52 Å². The summed E-state index contributed by atoms with van der Waals surface area (Å²) < 4.78 is 5.83. The molecule has 0 fully saturated rings. The van der Waals surface area contributed by atoms with E-state index in [1.54, 1.807) is 13.1 Å². The van der Waals surface area contributed by atoms with Crippen LogP contribution < -0.4 is 0 Å². The van der Waals surface area contributed by atoms with Crippen LogP contribution in [-0.2, 0) is 0 Å². The maximum atomic E-state index is 10.9. The fraction of sp³-hybridized carbons (Fsp3) is 0.154. The third kappa shape index (κ3) is 3.79. The van der Waals surface area contributed by atoms with Crippen LogP contribution >= 0.6 is 11.6 Å². The van der Waals surface area contributed by atoms with Gasteiger partial charge in [0.05, 0.1) is 6.04 Å². The third-order valence-corrected chi connectivity index (χ3v) is 6.24. The first-order valence-corrected chi connectivity index (χ1v) is 11.1. The van der Waals surface area contributed by atoms with E-state index in [2.05, 4.69) is 4.98 Å². The number of rotatable bonds is 4. The van der Waals surface area contributed by atoms with E-state index in [0.717, 1.165) is 11.1 Å². The van der Waals surface area contributed by atoms with E-state index >= 15 is 0 Å². The van der Waals surface area contributed by atoms with Crippen LogP contribution in [0, 0.1) is 0 Å². The number of fused-ring (bicyclic) bond motifs is 1. The second kappa shape index (κ2) is 8.85. The number of hydrogen-bond donors (Lipinski definition) is 2. The average molecular weight is 475 g/mol. The van der Waals surface area contributed by atoms with Gasteiger partial charge in [0.25, 0.3) is 0 Å². The van der Waals surface area contributed by atoms with Gasteiger partial charge < -0.3 is 24.4 Å². The van der Waals surface area contributed by atoms with Crippen LogP contribution in [-0.4, -0.2) is 51.3 Å². The molecule has 1 aliphatic heterocycles. The Bertz CT molecular complexity index is 1370. The molecule has 2 heterocycles. The van der Waals surface area contributed by atoms with Crippen molar-refractivity contribution in [1.29, 1.82) is 0 Å². The lowest BCUT2D eigenvalue weighted by atomic mass is 9.97. The van der Waals surface area contributed by atoms with Crippen molar-refractivity contribution in [2.24, 2.45) is 4.99 Å². The number of aliphatic hydroxyl groups excluding tert-OH is 2. The standard InChI is InChI=1S/C26H23ClN4O3/c1-30(22(16-10-4-3-5-11-16)17-12-6-7-13-18(17)27)26-29-21(23(32)25(33)31(26)2)24-28-19-14-8-9-15-20(19)34-24/h3-15,22,25,32-33H,1-2H3/t22-,25?/m1/s1. The van der Waals surface area contributed by atoms with Crippen molar-refractivity contribution in [3.05, 3.63) is 107 Å². The lowest BCUT2D eigenvalue weighted by Gasteiger charge is -2.39. The lowest BCUT2D eigenvalue weighted by molar-refractivity contribution is 0.0513. The Kier molecular flexibility index (Phi) is 5.73. The van der Waals surface area contributed by atoms with Crippen molar-refractivity contribution in [3.63, 3.8) is 0 Å². The van der Waals surface area contributed by atoms with Gasteiger partial charge in [-0.3, -0.25) is 0 Å². The van der Waals surface area contributed by atoms with Gasteiger partial charge in [0.15, 0.2) is 23.3 Å². The molecule has 1 aliphatic rings. The highest BCUT2D eigenvalue weighted by Gasteiger charge is 2.35. The molecule has 7 nitrogen and oxygen atoms in total. The highest BCUT2D eigenvalue weighted by atomic mass is 35.5. The molecular weight excluding hydrogens is 452 g/mol. The van der Waals surface area contributed by atoms with Crippen LogP contribution in [0.4, 0.5) is 0 Å². The molecule has 8 heteroatoms. The van der Waals surface area contributed by atoms with E-state index in [1.165, 1.54) is 4.90 Å². The van der Waals surface area contributed by atoms with E-state index in [-0.39, 0.29) is 23.4 Å². The molecule has 0 radical (unpaired) electrons. The van der Waals surface area contributed by atoms with Gasteiger partial charge in [-0.25, -0.2) is 9.98 Å². The van der Waals surface area contributed by atoms with Crippen molar-refractivity contribution >= 4 is 34.4 Å². The Hall–Kier alpha value is -3.81. The van der Waals surface area contributed by atoms with Crippen molar-refractivity contribution in [2.75, 3.05) is 14.1 Å². The zero-order chi connectivity index (χ0) is 23.8. The number of hydrogen-bond acceptors (Lipinski definition) is 7. The first-order chi connectivity index (χ1) is 16.5. The molecule has 34 heavy (non-hydrogen) atoms. The molecule has 0 aliphatic carbocycles. The minimum Gasteiger partial charge on any atom is -0.506 e. The average Bonchev–Trinajstić information content (AvgIpc) is 3.29. The van der Waals surface area contributed by atoms with Crippen molar-refractivity contribution in [1.82, 2.24) is 14.8 Å². The SMILES string of the molecule is CN1C(N(C)[C@H](c2ccccc2)c2ccccc2Cl)=NC(c2nc3ccccc3o2)=C(O)C1O. The number of halogens is 1. The maximum absolute atomic E-state index is 10.9. The van der Waals surface area contributed by atoms with E-state index in [0.29, 0.717) is 22.1 Å². The maximum Gasteiger partial charge on any atom is 0.250 e. The molecule has 1 aromatic heterocycles. The number of para-hydroxylation sites is 2. The monoisotopic (exact) mass is 474 g/mol. The van der Waals surface area contributed by atoms with Crippen molar-refractivity contribution in [2.45, 2.75) is 12.3 Å². The first-order valence-electron chi connectivity index (χ1n) is 10.8. The van der Waals surface area contributed by atoms with Crippen LogP contribution in [0.1, 0.15) is 23.1 Å². The highest BCUT2D eigenvalue weighted by molar-refractivity contribution is 6.31. The Morgan fingerprint density at radius 2 is 1.68 bits per heavy atom. The van der Waals surface area contributed by atoms with Crippen molar-refractivity contribution in [3.8, 4) is 0 Å². The van der Waals surface area contributed by atoms with E-state index in [1.807, 2.05) is 84.7 Å². The second-order valence-corrected chi connectivity index (χ2v) is 8.47. The molecule has 5 rings (SSSR count). The Labute approximate surface area is 201 Å². The Balaban J connectivity index is 1.63. The number of likely N-dealkylation sites (N-methyl/N-ethyl adjacent to an activating group) is 1. The van der Waals surface area contributed by atoms with Gasteiger partial charge >= 0.3 is 0 Å². The topological polar surface area (TPSA) is 85.3 Å². The summed E-state index contributed by atoms with van der Waals surface area (Å²) in [4.78, 5) is 12.6. The summed E-state index contributed by atoms with van der Waals surface area (Å²) in [5, 5.41) is 22.2. The summed E-state index contributed by atoms with van der Waals surface area (Å²) in [6.45, 7) is 0. The van der Waals surface area contributed by atoms with Crippen LogP contribution in [0.15, 0.2) is 94.0 Å². The van der Waals surface area contributed by atoms with E-state index in [4.69, 9.17) is 21.0 Å². The molecule has 0 amide bonds. The number of nitrogens with zero attached hydrogens (tertiary/aromatic N) is 4. The summed E-state index contributed by atoms with van der Waals surface area (Å²) in [5.74, 6) is 0.210. The zero-order valence-corrected chi connectivity index (χ0v) is 19.4. The summed E-state index contributed by atoms with van der Waals surface area (Å²) >= 11 is 6.61. The summed E-state index contributed by atoms with van der Waals surface area (Å²) in [5.41, 5.74) is 3.15. The predicted molar refractivity (Wildman–Crippen MR) is 132 cm³/mol. The molecule has 4 aromatic rings. The number of benzene rings is 3. The summed E-state index contributed by atoms with van der Waals surface area (Å²) in [7, 11) is 3.53. The minimum absolute atomic E-state index is 0.0784. The van der Waals surface area contributed by atoms with Crippen LogP contribution in [0.25, 0.3) is 16.8 Å². The highest BCUT2D eigenvalue weighted by Crippen LogP contribution is 2.36. The van der Waals surface area contributed by atoms with Crippen molar-refractivity contribution < 1.29 is 14.6 Å². The first kappa shape index (κ1) is 22.0. The molecule has 172 valence electrons.